The van der Waals surface area contributed by atoms with Gasteiger partial charge in [-0.15, -0.1) is 0 Å². The third kappa shape index (κ3) is 2.39. The van der Waals surface area contributed by atoms with Gasteiger partial charge in [0.15, 0.2) is 0 Å². The van der Waals surface area contributed by atoms with E-state index < -0.39 is 5.41 Å². The zero-order chi connectivity index (χ0) is 18.3. The van der Waals surface area contributed by atoms with Crippen LogP contribution in [0.25, 0.3) is 0 Å². The van der Waals surface area contributed by atoms with E-state index in [1.165, 1.54) is 11.1 Å². The van der Waals surface area contributed by atoms with Crippen LogP contribution in [0.5, 0.6) is 11.5 Å². The molecule has 0 bridgehead atoms. The average Bonchev–Trinajstić information content (AvgIpc) is 2.73. The number of hydrogen-bond acceptors (Lipinski definition) is 1. The fourth-order valence-corrected chi connectivity index (χ4v) is 4.35. The summed E-state index contributed by atoms with van der Waals surface area (Å²) in [6.45, 7) is 0. The first-order chi connectivity index (χ1) is 13.3. The maximum atomic E-state index is 6.31. The molecule has 27 heavy (non-hydrogen) atoms. The second-order valence-corrected chi connectivity index (χ2v) is 7.16. The summed E-state index contributed by atoms with van der Waals surface area (Å²) in [5.74, 6) is 1.66. The monoisotopic (exact) mass is 368 g/mol. The normalized spacial score (nSPS) is 14.0. The Hall–Kier alpha value is -3.03. The van der Waals surface area contributed by atoms with Crippen molar-refractivity contribution in [2.75, 3.05) is 0 Å². The lowest BCUT2D eigenvalue weighted by Crippen LogP contribution is -2.34. The molecule has 0 amide bonds. The number of fused-ring (bicyclic) bond motifs is 2. The van der Waals surface area contributed by atoms with E-state index >= 15 is 0 Å². The Morgan fingerprint density at radius 2 is 1.11 bits per heavy atom. The minimum Gasteiger partial charge on any atom is -0.457 e. The van der Waals surface area contributed by atoms with Crippen molar-refractivity contribution >= 4 is 11.6 Å². The van der Waals surface area contributed by atoms with E-state index in [1.807, 2.05) is 24.3 Å². The summed E-state index contributed by atoms with van der Waals surface area (Å²) in [5.41, 5.74) is 4.18. The van der Waals surface area contributed by atoms with Crippen LogP contribution in [0.3, 0.4) is 0 Å². The van der Waals surface area contributed by atoms with Gasteiger partial charge in [-0.1, -0.05) is 96.5 Å². The molecule has 5 rings (SSSR count). The summed E-state index contributed by atoms with van der Waals surface area (Å²) >= 11 is 6.31. The predicted octanol–water partition coefficient (Wildman–Crippen LogP) is 6.83. The molecule has 130 valence electrons. The molecular formula is C25H17ClO. The predicted molar refractivity (Wildman–Crippen MR) is 110 cm³/mol. The van der Waals surface area contributed by atoms with Crippen LogP contribution < -0.4 is 4.74 Å². The van der Waals surface area contributed by atoms with Gasteiger partial charge in [0.2, 0.25) is 0 Å². The van der Waals surface area contributed by atoms with Crippen molar-refractivity contribution in [2.24, 2.45) is 0 Å². The van der Waals surface area contributed by atoms with Crippen molar-refractivity contribution in [3.05, 3.63) is 130 Å². The molecule has 1 aliphatic rings. The van der Waals surface area contributed by atoms with Crippen LogP contribution in [0.15, 0.2) is 103 Å². The van der Waals surface area contributed by atoms with Crippen molar-refractivity contribution in [3.63, 3.8) is 0 Å². The third-order valence-electron chi connectivity index (χ3n) is 5.27. The van der Waals surface area contributed by atoms with E-state index in [4.69, 9.17) is 16.3 Å². The maximum absolute atomic E-state index is 6.31. The highest BCUT2D eigenvalue weighted by Crippen LogP contribution is 2.55. The summed E-state index contributed by atoms with van der Waals surface area (Å²) in [6, 6.07) is 35.4. The number of benzene rings is 4. The molecule has 1 nitrogen and oxygen atoms in total. The van der Waals surface area contributed by atoms with Gasteiger partial charge in [-0.2, -0.15) is 0 Å². The van der Waals surface area contributed by atoms with Gasteiger partial charge in [-0.25, -0.2) is 0 Å². The molecule has 0 N–H and O–H groups in total. The van der Waals surface area contributed by atoms with Crippen molar-refractivity contribution in [3.8, 4) is 11.5 Å². The zero-order valence-electron chi connectivity index (χ0n) is 14.6. The van der Waals surface area contributed by atoms with E-state index in [9.17, 15) is 0 Å². The van der Waals surface area contributed by atoms with Gasteiger partial charge in [-0.05, 0) is 29.3 Å². The fraction of sp³-hybridized carbons (Fsp3) is 0.0400. The highest BCUT2D eigenvalue weighted by atomic mass is 35.5. The molecule has 0 saturated heterocycles. The fourth-order valence-electron chi connectivity index (χ4n) is 4.18. The van der Waals surface area contributed by atoms with Gasteiger partial charge in [0.25, 0.3) is 0 Å². The Morgan fingerprint density at radius 3 is 1.78 bits per heavy atom. The van der Waals surface area contributed by atoms with Crippen LogP contribution in [0, 0.1) is 0 Å². The lowest BCUT2D eigenvalue weighted by atomic mass is 9.64. The first kappa shape index (κ1) is 16.2. The second kappa shape index (κ2) is 6.29. The molecule has 1 heterocycles. The average molecular weight is 369 g/mol. The number of rotatable bonds is 2. The molecule has 2 heteroatoms. The quantitative estimate of drug-likeness (QED) is 0.332. The molecule has 4 aromatic carbocycles. The minimum atomic E-state index is -0.461. The van der Waals surface area contributed by atoms with Crippen molar-refractivity contribution in [2.45, 2.75) is 5.41 Å². The Bertz CT molecular complexity index is 1060. The smallest absolute Gasteiger partial charge is 0.133 e. The number of hydrogen-bond donors (Lipinski definition) is 0. The highest BCUT2D eigenvalue weighted by Gasteiger charge is 2.45. The van der Waals surface area contributed by atoms with Gasteiger partial charge < -0.3 is 4.74 Å². The van der Waals surface area contributed by atoms with Gasteiger partial charge in [0.1, 0.15) is 11.5 Å². The second-order valence-electron chi connectivity index (χ2n) is 6.72. The van der Waals surface area contributed by atoms with Crippen LogP contribution in [0.4, 0.5) is 0 Å². The Labute approximate surface area is 163 Å². The molecule has 0 radical (unpaired) electrons. The molecule has 0 atom stereocenters. The van der Waals surface area contributed by atoms with E-state index in [0.717, 1.165) is 22.6 Å². The molecule has 0 fully saturated rings. The molecule has 1 aliphatic heterocycles. The standard InChI is InChI=1S/C25H17ClO/c26-20-15-16-22-24(17-20)27-23-14-8-7-13-21(23)25(22,18-9-3-1-4-10-18)19-11-5-2-6-12-19/h1-17H. The van der Waals surface area contributed by atoms with Gasteiger partial charge >= 0.3 is 0 Å². The number of ether oxygens (including phenoxy) is 1. The highest BCUT2D eigenvalue weighted by molar-refractivity contribution is 6.30. The van der Waals surface area contributed by atoms with E-state index in [-0.39, 0.29) is 0 Å². The molecule has 0 unspecified atom stereocenters. The van der Waals surface area contributed by atoms with E-state index in [1.54, 1.807) is 0 Å². The number of para-hydroxylation sites is 1. The van der Waals surface area contributed by atoms with Gasteiger partial charge in [0.05, 0.1) is 5.41 Å². The maximum Gasteiger partial charge on any atom is 0.133 e. The first-order valence-electron chi connectivity index (χ1n) is 8.98. The summed E-state index contributed by atoms with van der Waals surface area (Å²) in [6.07, 6.45) is 0. The molecule has 4 aromatic rings. The Kier molecular flexibility index (Phi) is 3.77. The lowest BCUT2D eigenvalue weighted by molar-refractivity contribution is 0.434. The van der Waals surface area contributed by atoms with Gasteiger partial charge in [-0.3, -0.25) is 0 Å². The van der Waals surface area contributed by atoms with Gasteiger partial charge in [0, 0.05) is 16.1 Å². The Morgan fingerprint density at radius 1 is 0.556 bits per heavy atom. The van der Waals surface area contributed by atoms with Crippen molar-refractivity contribution in [1.82, 2.24) is 0 Å². The first-order valence-corrected chi connectivity index (χ1v) is 9.36. The van der Waals surface area contributed by atoms with Crippen LogP contribution in [0.2, 0.25) is 5.02 Å². The van der Waals surface area contributed by atoms with E-state index in [0.29, 0.717) is 5.02 Å². The minimum absolute atomic E-state index is 0.461. The van der Waals surface area contributed by atoms with Crippen molar-refractivity contribution < 1.29 is 4.74 Å². The molecule has 0 spiro atoms. The lowest BCUT2D eigenvalue weighted by Gasteiger charge is -2.41. The summed E-state index contributed by atoms with van der Waals surface area (Å²) < 4.78 is 6.27. The van der Waals surface area contributed by atoms with Crippen LogP contribution >= 0.6 is 11.6 Å². The molecule has 0 aromatic heterocycles. The topological polar surface area (TPSA) is 9.23 Å². The SMILES string of the molecule is Clc1ccc2c(c1)Oc1ccccc1C2(c1ccccc1)c1ccccc1. The van der Waals surface area contributed by atoms with Crippen LogP contribution in [0.1, 0.15) is 22.3 Å². The van der Waals surface area contributed by atoms with Crippen molar-refractivity contribution in [1.29, 1.82) is 0 Å². The summed E-state index contributed by atoms with van der Waals surface area (Å²) in [7, 11) is 0. The van der Waals surface area contributed by atoms with E-state index in [2.05, 4.69) is 78.9 Å². The largest absolute Gasteiger partial charge is 0.457 e. The third-order valence-corrected chi connectivity index (χ3v) is 5.51. The zero-order valence-corrected chi connectivity index (χ0v) is 15.4. The number of halogens is 1. The molecule has 0 saturated carbocycles. The van der Waals surface area contributed by atoms with Crippen LogP contribution in [-0.2, 0) is 5.41 Å². The summed E-state index contributed by atoms with van der Waals surface area (Å²) in [4.78, 5) is 0. The molecular weight excluding hydrogens is 352 g/mol. The summed E-state index contributed by atoms with van der Waals surface area (Å²) in [5, 5.41) is 0.670. The molecule has 0 aliphatic carbocycles. The van der Waals surface area contributed by atoms with Crippen LogP contribution in [-0.4, -0.2) is 0 Å². The Balaban J connectivity index is 1.97.